The van der Waals surface area contributed by atoms with Gasteiger partial charge in [-0.25, -0.2) is 0 Å². The van der Waals surface area contributed by atoms with Crippen LogP contribution in [0.3, 0.4) is 0 Å². The van der Waals surface area contributed by atoms with Gasteiger partial charge in [0.15, 0.2) is 0 Å². The van der Waals surface area contributed by atoms with E-state index in [9.17, 15) is 0 Å². The molecule has 1 atom stereocenters. The highest BCUT2D eigenvalue weighted by Gasteiger charge is 2.25. The normalized spacial score (nSPS) is 18.7. The molecular formula is C29H34N2O3. The fraction of sp³-hybridized carbons (Fsp3) is 0.379. The van der Waals surface area contributed by atoms with Crippen LogP contribution < -0.4 is 14.2 Å². The molecule has 0 aliphatic carbocycles. The van der Waals surface area contributed by atoms with Crippen LogP contribution in [0.1, 0.15) is 29.5 Å². The van der Waals surface area contributed by atoms with E-state index in [0.29, 0.717) is 13.3 Å². The van der Waals surface area contributed by atoms with Gasteiger partial charge in [-0.3, -0.25) is 9.80 Å². The van der Waals surface area contributed by atoms with Crippen molar-refractivity contribution in [3.63, 3.8) is 0 Å². The molecular weight excluding hydrogens is 424 g/mol. The van der Waals surface area contributed by atoms with E-state index in [1.165, 1.54) is 29.5 Å². The van der Waals surface area contributed by atoms with Crippen molar-refractivity contribution >= 4 is 0 Å². The lowest BCUT2D eigenvalue weighted by atomic mass is 10.0. The van der Waals surface area contributed by atoms with E-state index in [4.69, 9.17) is 14.2 Å². The van der Waals surface area contributed by atoms with Gasteiger partial charge in [0.05, 0.1) is 7.11 Å². The number of nitrogens with zero attached hydrogens (tertiary/aromatic N) is 2. The molecule has 3 aromatic rings. The number of rotatable bonds is 8. The first-order chi connectivity index (χ1) is 16.8. The summed E-state index contributed by atoms with van der Waals surface area (Å²) in [6, 6.07) is 25.6. The summed E-state index contributed by atoms with van der Waals surface area (Å²) < 4.78 is 17.6. The number of hydrogen-bond donors (Lipinski definition) is 0. The quantitative estimate of drug-likeness (QED) is 0.467. The second-order valence-electron chi connectivity index (χ2n) is 9.27. The minimum atomic E-state index is 0.270. The molecule has 0 aromatic heterocycles. The van der Waals surface area contributed by atoms with Crippen LogP contribution in [0.5, 0.6) is 17.2 Å². The van der Waals surface area contributed by atoms with E-state index < -0.39 is 0 Å². The van der Waals surface area contributed by atoms with Crippen LogP contribution in [0, 0.1) is 0 Å². The Kier molecular flexibility index (Phi) is 7.32. The highest BCUT2D eigenvalue weighted by atomic mass is 16.5. The molecule has 0 bridgehead atoms. The third-order valence-electron chi connectivity index (χ3n) is 6.85. The lowest BCUT2D eigenvalue weighted by molar-refractivity contribution is 0.137. The number of hydrogen-bond acceptors (Lipinski definition) is 5. The maximum atomic E-state index is 6.25. The topological polar surface area (TPSA) is 34.2 Å². The summed E-state index contributed by atoms with van der Waals surface area (Å²) in [5, 5.41) is 0. The van der Waals surface area contributed by atoms with Gasteiger partial charge in [0.25, 0.3) is 0 Å². The lowest BCUT2D eigenvalue weighted by Gasteiger charge is -2.29. The molecule has 0 saturated carbocycles. The van der Waals surface area contributed by atoms with Crippen LogP contribution in [0.15, 0.2) is 72.8 Å². The molecule has 1 fully saturated rings. The summed E-state index contributed by atoms with van der Waals surface area (Å²) in [4.78, 5) is 4.91. The van der Waals surface area contributed by atoms with Gasteiger partial charge in [0, 0.05) is 37.8 Å². The standard InChI is InChI=1S/C29H34N2O3/c1-32-27-12-8-23(9-13-27)18-26-21-33-29-7-3-2-6-25(29)20-31(26)19-24-10-14-28(15-11-24)34-22-30-16-4-5-17-30/h2-3,6-15,26H,4-5,16-22H2,1H3/t26-/m0/s1. The zero-order valence-corrected chi connectivity index (χ0v) is 20.0. The molecule has 2 heterocycles. The minimum Gasteiger partial charge on any atom is -0.497 e. The van der Waals surface area contributed by atoms with Crippen LogP contribution in [-0.2, 0) is 19.5 Å². The number of para-hydroxylation sites is 1. The van der Waals surface area contributed by atoms with Crippen molar-refractivity contribution < 1.29 is 14.2 Å². The molecule has 0 unspecified atom stereocenters. The van der Waals surface area contributed by atoms with Gasteiger partial charge in [0.2, 0.25) is 0 Å². The van der Waals surface area contributed by atoms with Gasteiger partial charge in [-0.15, -0.1) is 0 Å². The smallest absolute Gasteiger partial charge is 0.142 e. The highest BCUT2D eigenvalue weighted by Crippen LogP contribution is 2.28. The van der Waals surface area contributed by atoms with E-state index >= 15 is 0 Å². The molecule has 5 nitrogen and oxygen atoms in total. The Morgan fingerprint density at radius 2 is 1.56 bits per heavy atom. The Morgan fingerprint density at radius 3 is 2.32 bits per heavy atom. The molecule has 34 heavy (non-hydrogen) atoms. The summed E-state index contributed by atoms with van der Waals surface area (Å²) in [6.07, 6.45) is 3.49. The van der Waals surface area contributed by atoms with Crippen LogP contribution in [0.2, 0.25) is 0 Å². The molecule has 2 aliphatic heterocycles. The Hall–Kier alpha value is -3.02. The predicted molar refractivity (Wildman–Crippen MR) is 134 cm³/mol. The van der Waals surface area contributed by atoms with Crippen molar-refractivity contribution in [2.75, 3.05) is 33.5 Å². The molecule has 0 radical (unpaired) electrons. The van der Waals surface area contributed by atoms with Crippen molar-refractivity contribution in [3.05, 3.63) is 89.5 Å². The Morgan fingerprint density at radius 1 is 0.853 bits per heavy atom. The molecule has 5 heteroatoms. The fourth-order valence-electron chi connectivity index (χ4n) is 4.82. The lowest BCUT2D eigenvalue weighted by Crippen LogP contribution is -2.38. The Labute approximate surface area is 202 Å². The fourth-order valence-corrected chi connectivity index (χ4v) is 4.82. The number of fused-ring (bicyclic) bond motifs is 1. The zero-order chi connectivity index (χ0) is 23.2. The summed E-state index contributed by atoms with van der Waals surface area (Å²) in [5.41, 5.74) is 3.81. The summed E-state index contributed by atoms with van der Waals surface area (Å²) in [6.45, 7) is 5.37. The molecule has 1 saturated heterocycles. The van der Waals surface area contributed by atoms with Gasteiger partial charge in [-0.2, -0.15) is 0 Å². The monoisotopic (exact) mass is 458 g/mol. The molecule has 2 aliphatic rings. The molecule has 178 valence electrons. The van der Waals surface area contributed by atoms with Crippen molar-refractivity contribution in [2.24, 2.45) is 0 Å². The SMILES string of the molecule is COc1ccc(C[C@H]2COc3ccccc3CN2Cc2ccc(OCN3CCCC3)cc2)cc1. The third-order valence-corrected chi connectivity index (χ3v) is 6.85. The van der Waals surface area contributed by atoms with Crippen molar-refractivity contribution in [3.8, 4) is 17.2 Å². The number of ether oxygens (including phenoxy) is 3. The van der Waals surface area contributed by atoms with Crippen molar-refractivity contribution in [1.82, 2.24) is 9.80 Å². The van der Waals surface area contributed by atoms with Crippen LogP contribution in [-0.4, -0.2) is 49.4 Å². The zero-order valence-electron chi connectivity index (χ0n) is 20.0. The molecule has 0 spiro atoms. The first-order valence-corrected chi connectivity index (χ1v) is 12.3. The number of benzene rings is 3. The Balaban J connectivity index is 1.29. The van der Waals surface area contributed by atoms with E-state index in [0.717, 1.165) is 49.8 Å². The number of likely N-dealkylation sites (tertiary alicyclic amines) is 1. The molecule has 0 amide bonds. The second kappa shape index (κ2) is 10.9. The predicted octanol–water partition coefficient (Wildman–Crippen LogP) is 5.13. The highest BCUT2D eigenvalue weighted by molar-refractivity contribution is 5.35. The van der Waals surface area contributed by atoms with Gasteiger partial charge in [-0.1, -0.05) is 42.5 Å². The maximum Gasteiger partial charge on any atom is 0.142 e. The first kappa shape index (κ1) is 22.8. The van der Waals surface area contributed by atoms with Gasteiger partial charge in [0.1, 0.15) is 30.6 Å². The van der Waals surface area contributed by atoms with Crippen LogP contribution in [0.25, 0.3) is 0 Å². The van der Waals surface area contributed by atoms with E-state index in [2.05, 4.69) is 64.4 Å². The van der Waals surface area contributed by atoms with E-state index in [-0.39, 0.29) is 6.04 Å². The maximum absolute atomic E-state index is 6.25. The number of methoxy groups -OCH3 is 1. The first-order valence-electron chi connectivity index (χ1n) is 12.3. The molecule has 5 rings (SSSR count). The van der Waals surface area contributed by atoms with Gasteiger partial charge < -0.3 is 14.2 Å². The van der Waals surface area contributed by atoms with Crippen LogP contribution in [0.4, 0.5) is 0 Å². The van der Waals surface area contributed by atoms with Crippen molar-refractivity contribution in [2.45, 2.75) is 38.4 Å². The van der Waals surface area contributed by atoms with E-state index in [1.54, 1.807) is 7.11 Å². The van der Waals surface area contributed by atoms with Gasteiger partial charge >= 0.3 is 0 Å². The average Bonchev–Trinajstić information content (AvgIpc) is 3.34. The van der Waals surface area contributed by atoms with E-state index in [1.807, 2.05) is 18.2 Å². The average molecular weight is 459 g/mol. The molecule has 3 aromatic carbocycles. The van der Waals surface area contributed by atoms with Crippen molar-refractivity contribution in [1.29, 1.82) is 0 Å². The summed E-state index contributed by atoms with van der Waals surface area (Å²) >= 11 is 0. The van der Waals surface area contributed by atoms with Crippen LogP contribution >= 0.6 is 0 Å². The summed E-state index contributed by atoms with van der Waals surface area (Å²) in [5.74, 6) is 2.82. The third kappa shape index (κ3) is 5.72. The largest absolute Gasteiger partial charge is 0.497 e. The van der Waals surface area contributed by atoms with Gasteiger partial charge in [-0.05, 0) is 60.7 Å². The molecule has 0 N–H and O–H groups in total. The summed E-state index contributed by atoms with van der Waals surface area (Å²) in [7, 11) is 1.70. The second-order valence-corrected chi connectivity index (χ2v) is 9.27. The minimum absolute atomic E-state index is 0.270. The Bertz CT molecular complexity index is 1050.